The van der Waals surface area contributed by atoms with Gasteiger partial charge < -0.3 is 60.5 Å². The Hall–Kier alpha value is -3.08. The number of phosphoric acid groups is 2. The molecule has 0 radical (unpaired) electrons. The zero-order valence-corrected chi connectivity index (χ0v) is 48.3. The smallest absolute Gasteiger partial charge is 0.472 e. The average Bonchev–Trinajstić information content (AvgIpc) is 3.39. The van der Waals surface area contributed by atoms with Gasteiger partial charge in [-0.25, -0.2) is 9.13 Å². The number of hydrogen-bond acceptors (Lipinski definition) is 17. The summed E-state index contributed by atoms with van der Waals surface area (Å²) in [5.74, 6) is -2.97. The van der Waals surface area contributed by atoms with E-state index < -0.39 is 107 Å². The van der Waals surface area contributed by atoms with Crippen LogP contribution in [0.2, 0.25) is 0 Å². The molecule has 0 amide bonds. The molecule has 1 rings (SSSR count). The van der Waals surface area contributed by atoms with Crippen LogP contribution in [0, 0.1) is 0 Å². The Morgan fingerprint density at radius 2 is 1.10 bits per heavy atom. The van der Waals surface area contributed by atoms with Gasteiger partial charge >= 0.3 is 33.6 Å². The van der Waals surface area contributed by atoms with Gasteiger partial charge in [-0.15, -0.1) is 11.8 Å². The highest BCUT2D eigenvalue weighted by atomic mass is 32.2. The SMILES string of the molecule is CCCCC/C=C\C\C=C/C=C/C=C/[C@@H](SC[C@H](N)C(=O)O[C@H](COC(=O)CCCCCCCC/C=C\C/C=C\C/C=C\CCCCCC)COP(=O)(O)O[C@H]1[C@H](O)[C@@H](O)[C@H](O)[C@@H](O)[C@H]1OP(=O)(O)O)[C@@H](O)CCCC(=O)O. The van der Waals surface area contributed by atoms with Crippen LogP contribution in [0.25, 0.3) is 0 Å². The van der Waals surface area contributed by atoms with Gasteiger partial charge in [0.1, 0.15) is 49.3 Å². The summed E-state index contributed by atoms with van der Waals surface area (Å²) in [5, 5.41) is 60.7. The number of aliphatic hydroxyl groups is 5. The van der Waals surface area contributed by atoms with Gasteiger partial charge in [0.15, 0.2) is 6.10 Å². The van der Waals surface area contributed by atoms with E-state index in [0.717, 1.165) is 95.2 Å². The molecule has 0 saturated heterocycles. The zero-order chi connectivity index (χ0) is 58.0. The predicted molar refractivity (Wildman–Crippen MR) is 302 cm³/mol. The molecule has 0 heterocycles. The number of carbonyl (C=O) groups is 3. The predicted octanol–water partition coefficient (Wildman–Crippen LogP) is 8.66. The lowest BCUT2D eigenvalue weighted by molar-refractivity contribution is -0.216. The first-order valence-electron chi connectivity index (χ1n) is 27.6. The molecular formula is C55H93NO19P2S. The van der Waals surface area contributed by atoms with Gasteiger partial charge in [-0.3, -0.25) is 28.0 Å². The second-order valence-electron chi connectivity index (χ2n) is 19.2. The van der Waals surface area contributed by atoms with Crippen LogP contribution in [0.3, 0.4) is 0 Å². The zero-order valence-electron chi connectivity index (χ0n) is 45.7. The van der Waals surface area contributed by atoms with Gasteiger partial charge in [0, 0.05) is 23.8 Å². The Balaban J connectivity index is 2.95. The quantitative estimate of drug-likeness (QED) is 0.00895. The largest absolute Gasteiger partial charge is 0.481 e. The maximum Gasteiger partial charge on any atom is 0.472 e. The summed E-state index contributed by atoms with van der Waals surface area (Å²) in [7, 11) is -11.1. The minimum atomic E-state index is -5.53. The summed E-state index contributed by atoms with van der Waals surface area (Å²) in [6.07, 6.45) is 31.1. The molecule has 448 valence electrons. The number of aliphatic hydroxyl groups excluding tert-OH is 5. The first kappa shape index (κ1) is 72.9. The highest BCUT2D eigenvalue weighted by molar-refractivity contribution is 8.00. The third-order valence-electron chi connectivity index (χ3n) is 12.2. The molecule has 0 aromatic carbocycles. The van der Waals surface area contributed by atoms with Crippen molar-refractivity contribution in [1.82, 2.24) is 0 Å². The average molecular weight is 1170 g/mol. The number of carboxylic acids is 1. The van der Waals surface area contributed by atoms with Crippen LogP contribution in [0.4, 0.5) is 0 Å². The molecule has 1 unspecified atom stereocenters. The second kappa shape index (κ2) is 44.6. The summed E-state index contributed by atoms with van der Waals surface area (Å²) in [6.45, 7) is 2.61. The number of thioether (sulfide) groups is 1. The third kappa shape index (κ3) is 37.0. The Kier molecular flexibility index (Phi) is 41.7. The van der Waals surface area contributed by atoms with Gasteiger partial charge in [0.25, 0.3) is 0 Å². The Morgan fingerprint density at radius 1 is 0.603 bits per heavy atom. The number of carboxylic acid groups (broad SMARTS) is 1. The van der Waals surface area contributed by atoms with Crippen LogP contribution < -0.4 is 5.73 Å². The maximum absolute atomic E-state index is 13.4. The van der Waals surface area contributed by atoms with Gasteiger partial charge in [0.05, 0.1) is 12.7 Å². The van der Waals surface area contributed by atoms with E-state index in [1.165, 1.54) is 32.1 Å². The minimum Gasteiger partial charge on any atom is -0.481 e. The van der Waals surface area contributed by atoms with E-state index in [1.807, 2.05) is 12.2 Å². The van der Waals surface area contributed by atoms with Crippen LogP contribution >= 0.6 is 27.4 Å². The molecular weight excluding hydrogens is 1070 g/mol. The van der Waals surface area contributed by atoms with Crippen molar-refractivity contribution >= 4 is 45.3 Å². The Morgan fingerprint density at radius 3 is 1.68 bits per heavy atom. The van der Waals surface area contributed by atoms with Crippen molar-refractivity contribution in [2.24, 2.45) is 5.73 Å². The molecule has 1 aliphatic rings. The lowest BCUT2D eigenvalue weighted by Crippen LogP contribution is -2.64. The lowest BCUT2D eigenvalue weighted by Gasteiger charge is -2.43. The van der Waals surface area contributed by atoms with E-state index in [4.69, 9.17) is 29.4 Å². The summed E-state index contributed by atoms with van der Waals surface area (Å²) < 4.78 is 50.1. The van der Waals surface area contributed by atoms with Crippen molar-refractivity contribution in [2.75, 3.05) is 19.0 Å². The number of esters is 2. The molecule has 1 fully saturated rings. The van der Waals surface area contributed by atoms with Crippen LogP contribution in [0.1, 0.15) is 162 Å². The first-order chi connectivity index (χ1) is 37.2. The number of aliphatic carboxylic acids is 1. The van der Waals surface area contributed by atoms with Gasteiger partial charge in [-0.1, -0.05) is 157 Å². The summed E-state index contributed by atoms with van der Waals surface area (Å²) in [5.41, 5.74) is 6.22. The number of hydrogen-bond donors (Lipinski definition) is 10. The summed E-state index contributed by atoms with van der Waals surface area (Å²) in [6, 6.07) is -1.40. The van der Waals surface area contributed by atoms with E-state index in [1.54, 1.807) is 24.3 Å². The Labute approximate surface area is 466 Å². The number of rotatable bonds is 46. The lowest BCUT2D eigenvalue weighted by atomic mass is 9.85. The van der Waals surface area contributed by atoms with Crippen LogP contribution in [0.15, 0.2) is 85.1 Å². The van der Waals surface area contributed by atoms with E-state index in [9.17, 15) is 63.7 Å². The van der Waals surface area contributed by atoms with Crippen molar-refractivity contribution < 1.29 is 91.9 Å². The number of nitrogens with two attached hydrogens (primary N) is 1. The molecule has 11 N–H and O–H groups in total. The van der Waals surface area contributed by atoms with E-state index in [2.05, 4.69) is 67.0 Å². The Bertz CT molecular complexity index is 1940. The van der Waals surface area contributed by atoms with Crippen LogP contribution in [-0.4, -0.2) is 142 Å². The highest BCUT2D eigenvalue weighted by Crippen LogP contribution is 2.50. The van der Waals surface area contributed by atoms with Crippen molar-refractivity contribution in [3.63, 3.8) is 0 Å². The number of phosphoric ester groups is 2. The summed E-state index contributed by atoms with van der Waals surface area (Å²) >= 11 is 1.07. The second-order valence-corrected chi connectivity index (χ2v) is 23.0. The third-order valence-corrected chi connectivity index (χ3v) is 15.1. The molecule has 11 atom stereocenters. The molecule has 0 bridgehead atoms. The first-order valence-corrected chi connectivity index (χ1v) is 31.6. The van der Waals surface area contributed by atoms with Crippen molar-refractivity contribution in [1.29, 1.82) is 0 Å². The molecule has 0 aromatic rings. The molecule has 0 aromatic heterocycles. The topological polar surface area (TPSA) is 340 Å². The molecule has 1 aliphatic carbocycles. The van der Waals surface area contributed by atoms with Crippen molar-refractivity contribution in [3.05, 3.63) is 85.1 Å². The normalized spacial score (nSPS) is 21.9. The maximum atomic E-state index is 13.4. The number of unbranched alkanes of at least 4 members (excludes halogenated alkanes) is 13. The van der Waals surface area contributed by atoms with Crippen molar-refractivity contribution in [2.45, 2.75) is 222 Å². The van der Waals surface area contributed by atoms with Gasteiger partial charge in [-0.05, 0) is 77.0 Å². The fourth-order valence-corrected chi connectivity index (χ4v) is 10.4. The monoisotopic (exact) mass is 1170 g/mol. The van der Waals surface area contributed by atoms with E-state index in [0.29, 0.717) is 6.42 Å². The van der Waals surface area contributed by atoms with Crippen LogP contribution in [0.5, 0.6) is 0 Å². The van der Waals surface area contributed by atoms with E-state index >= 15 is 0 Å². The highest BCUT2D eigenvalue weighted by Gasteiger charge is 2.54. The van der Waals surface area contributed by atoms with Crippen LogP contribution in [-0.2, 0) is 46.6 Å². The fraction of sp³-hybridized carbons (Fsp3) is 0.691. The molecule has 23 heteroatoms. The number of carbonyl (C=O) groups excluding carboxylic acids is 2. The minimum absolute atomic E-state index is 0.00692. The molecule has 0 spiro atoms. The van der Waals surface area contributed by atoms with Gasteiger partial charge in [-0.2, -0.15) is 0 Å². The summed E-state index contributed by atoms with van der Waals surface area (Å²) in [4.78, 5) is 66.9. The van der Waals surface area contributed by atoms with Gasteiger partial charge in [0.2, 0.25) is 0 Å². The molecule has 0 aliphatic heterocycles. The molecule has 1 saturated carbocycles. The van der Waals surface area contributed by atoms with E-state index in [-0.39, 0.29) is 31.4 Å². The molecule has 78 heavy (non-hydrogen) atoms. The van der Waals surface area contributed by atoms with Crippen molar-refractivity contribution in [3.8, 4) is 0 Å². The fourth-order valence-electron chi connectivity index (χ4n) is 7.75. The molecule has 20 nitrogen and oxygen atoms in total. The number of allylic oxidation sites excluding steroid dienone is 13. The standard InChI is InChI=1S/C55H93NO19P2S/c1-3-5-7-9-11-13-15-17-18-19-20-21-22-23-24-26-28-30-32-34-39-48(60)71-40-43(41-72-77(69,70)75-54-52(64)50(62)49(61)51(63)53(54)74-76(66,67)68)73-55(65)44(56)42-78-46(45(57)36-35-38-47(58)59)37-33-31-29-27-25-16-14-12-10-8-6-4-2/h12-15,18-19,21-22,25,27,29,31,33,37,43-46,49-54,57,61-64H,3-11,16-17,20,23-24,26,28,30,32,34-36,38-42,56H2,1-2H3,(H,58,59)(H,69,70)(H2,66,67,68)/b14-12-,15-13-,19-18-,22-21-,27-25-,31-29+,37-33+/t43-,44+,45+,46-,49+,50+,51-,52-,53-,54+/m1/s1. The number of ether oxygens (including phenoxy) is 2.